The monoisotopic (exact) mass is 355 g/mol. The summed E-state index contributed by atoms with van der Waals surface area (Å²) < 4.78 is 1.56. The Kier molecular flexibility index (Phi) is 6.04. The van der Waals surface area contributed by atoms with Crippen LogP contribution in [0.5, 0.6) is 0 Å². The Hall–Kier alpha value is -2.21. The second-order valence-electron chi connectivity index (χ2n) is 7.39. The van der Waals surface area contributed by atoms with Crippen molar-refractivity contribution in [3.63, 3.8) is 0 Å². The minimum Gasteiger partial charge on any atom is -0.354 e. The highest BCUT2D eigenvalue weighted by Gasteiger charge is 2.18. The average molecular weight is 355 g/mol. The van der Waals surface area contributed by atoms with E-state index in [4.69, 9.17) is 10.7 Å². The van der Waals surface area contributed by atoms with E-state index < -0.39 is 0 Å². The molecule has 0 aromatic carbocycles. The fourth-order valence-electron chi connectivity index (χ4n) is 3.82. The normalized spacial score (nSPS) is 16.4. The molecule has 0 saturated heterocycles. The van der Waals surface area contributed by atoms with E-state index in [1.807, 2.05) is 19.1 Å². The van der Waals surface area contributed by atoms with Gasteiger partial charge >= 0.3 is 0 Å². The topological polar surface area (TPSA) is 85.8 Å². The number of nitrogens with two attached hydrogens (primary N) is 1. The molecule has 0 radical (unpaired) electrons. The summed E-state index contributed by atoms with van der Waals surface area (Å²) in [6.45, 7) is 2.43. The maximum Gasteiger partial charge on any atom is 0.258 e. The van der Waals surface area contributed by atoms with Gasteiger partial charge < -0.3 is 11.1 Å². The number of rotatable bonds is 6. The summed E-state index contributed by atoms with van der Waals surface area (Å²) in [6, 6.07) is 3.81. The Labute approximate surface area is 154 Å². The first-order valence-corrected chi connectivity index (χ1v) is 9.53. The zero-order valence-corrected chi connectivity index (χ0v) is 15.7. The van der Waals surface area contributed by atoms with Crippen molar-refractivity contribution in [1.29, 1.82) is 0 Å². The third-order valence-corrected chi connectivity index (χ3v) is 5.35. The molecular weight excluding hydrogens is 326 g/mol. The van der Waals surface area contributed by atoms with Crippen molar-refractivity contribution in [2.45, 2.75) is 51.5 Å². The highest BCUT2D eigenvalue weighted by molar-refractivity contribution is 5.63. The molecule has 1 aliphatic carbocycles. The third-order valence-electron chi connectivity index (χ3n) is 5.35. The van der Waals surface area contributed by atoms with Gasteiger partial charge in [0, 0.05) is 43.2 Å². The molecule has 3 rings (SSSR count). The van der Waals surface area contributed by atoms with Crippen LogP contribution in [0.15, 0.2) is 29.3 Å². The van der Waals surface area contributed by atoms with Gasteiger partial charge in [-0.15, -0.1) is 0 Å². The highest BCUT2D eigenvalue weighted by Crippen LogP contribution is 2.27. The second-order valence-corrected chi connectivity index (χ2v) is 7.39. The van der Waals surface area contributed by atoms with Gasteiger partial charge in [-0.1, -0.05) is 32.1 Å². The van der Waals surface area contributed by atoms with E-state index in [2.05, 4.69) is 10.3 Å². The first-order chi connectivity index (χ1) is 12.6. The first kappa shape index (κ1) is 18.6. The van der Waals surface area contributed by atoms with E-state index in [1.165, 1.54) is 32.1 Å². The molecule has 1 aliphatic rings. The Morgan fingerprint density at radius 2 is 1.96 bits per heavy atom. The molecule has 1 unspecified atom stereocenters. The van der Waals surface area contributed by atoms with Gasteiger partial charge in [0.05, 0.1) is 5.69 Å². The van der Waals surface area contributed by atoms with Crippen LogP contribution in [0.1, 0.15) is 44.1 Å². The number of nitrogens with one attached hydrogen (secondary N) is 1. The summed E-state index contributed by atoms with van der Waals surface area (Å²) in [5.41, 5.74) is 8.51. The minimum atomic E-state index is -0.0461. The van der Waals surface area contributed by atoms with Crippen LogP contribution in [0.4, 0.5) is 5.95 Å². The number of pyridine rings is 1. The lowest BCUT2D eigenvalue weighted by Gasteiger charge is -2.25. The fourth-order valence-corrected chi connectivity index (χ4v) is 3.82. The van der Waals surface area contributed by atoms with E-state index in [0.29, 0.717) is 23.8 Å². The van der Waals surface area contributed by atoms with Crippen molar-refractivity contribution in [3.05, 3.63) is 40.4 Å². The Balaban J connectivity index is 1.73. The Morgan fingerprint density at radius 3 is 2.65 bits per heavy atom. The number of anilines is 1. The molecule has 6 heteroatoms. The molecule has 1 saturated carbocycles. The predicted molar refractivity (Wildman–Crippen MR) is 105 cm³/mol. The first-order valence-electron chi connectivity index (χ1n) is 9.53. The summed E-state index contributed by atoms with van der Waals surface area (Å²) in [5.74, 6) is 1.30. The quantitative estimate of drug-likeness (QED) is 0.832. The number of hydrogen-bond acceptors (Lipinski definition) is 5. The van der Waals surface area contributed by atoms with Crippen LogP contribution < -0.4 is 16.6 Å². The van der Waals surface area contributed by atoms with Crippen LogP contribution in [-0.2, 0) is 7.05 Å². The van der Waals surface area contributed by atoms with Gasteiger partial charge in [-0.25, -0.2) is 4.98 Å². The average Bonchev–Trinajstić information content (AvgIpc) is 2.67. The number of nitrogens with zero attached hydrogens (tertiary/aromatic N) is 3. The van der Waals surface area contributed by atoms with Crippen molar-refractivity contribution in [2.75, 3.05) is 11.9 Å². The maximum atomic E-state index is 12.6. The van der Waals surface area contributed by atoms with E-state index in [9.17, 15) is 4.79 Å². The molecular formula is C20H29N5O. The molecule has 0 spiro atoms. The van der Waals surface area contributed by atoms with Gasteiger partial charge in [-0.05, 0) is 31.4 Å². The zero-order chi connectivity index (χ0) is 18.5. The van der Waals surface area contributed by atoms with Crippen LogP contribution in [0.3, 0.4) is 0 Å². The number of hydrogen-bond donors (Lipinski definition) is 2. The van der Waals surface area contributed by atoms with Gasteiger partial charge in [0.15, 0.2) is 0 Å². The standard InChI is InChI=1S/C20H29N5O/c1-14-18(16-8-10-22-11-9-16)24-20(25(2)19(14)26)23-13-17(21)12-15-6-4-3-5-7-15/h8-11,15,17H,3-7,12-13,21H2,1-2H3,(H,23,24). The largest absolute Gasteiger partial charge is 0.354 e. The summed E-state index contributed by atoms with van der Waals surface area (Å²) in [7, 11) is 1.74. The lowest BCUT2D eigenvalue weighted by atomic mass is 9.85. The summed E-state index contributed by atoms with van der Waals surface area (Å²) in [4.78, 5) is 21.3. The molecule has 2 heterocycles. The maximum absolute atomic E-state index is 12.6. The van der Waals surface area contributed by atoms with Gasteiger partial charge in [-0.2, -0.15) is 0 Å². The summed E-state index contributed by atoms with van der Waals surface area (Å²) >= 11 is 0. The van der Waals surface area contributed by atoms with Gasteiger partial charge in [0.1, 0.15) is 0 Å². The van der Waals surface area contributed by atoms with Crippen LogP contribution >= 0.6 is 0 Å². The molecule has 0 aliphatic heterocycles. The van der Waals surface area contributed by atoms with Gasteiger partial charge in [-0.3, -0.25) is 14.3 Å². The molecule has 140 valence electrons. The SMILES string of the molecule is Cc1c(-c2ccncc2)nc(NCC(N)CC2CCCCC2)n(C)c1=O. The molecule has 3 N–H and O–H groups in total. The fraction of sp³-hybridized carbons (Fsp3) is 0.550. The van der Waals surface area contributed by atoms with Crippen molar-refractivity contribution >= 4 is 5.95 Å². The summed E-state index contributed by atoms with van der Waals surface area (Å²) in [5, 5.41) is 3.29. The lowest BCUT2D eigenvalue weighted by Crippen LogP contribution is -2.34. The molecule has 26 heavy (non-hydrogen) atoms. The van der Waals surface area contributed by atoms with Gasteiger partial charge in [0.2, 0.25) is 5.95 Å². The molecule has 2 aromatic heterocycles. The molecule has 0 bridgehead atoms. The van der Waals surface area contributed by atoms with E-state index in [1.54, 1.807) is 24.0 Å². The van der Waals surface area contributed by atoms with Crippen LogP contribution in [0.25, 0.3) is 11.3 Å². The Bertz CT molecular complexity index is 781. The van der Waals surface area contributed by atoms with E-state index in [0.717, 1.165) is 17.9 Å². The molecule has 0 amide bonds. The number of aromatic nitrogens is 3. The zero-order valence-electron chi connectivity index (χ0n) is 15.7. The molecule has 1 fully saturated rings. The van der Waals surface area contributed by atoms with Crippen molar-refractivity contribution < 1.29 is 0 Å². The van der Waals surface area contributed by atoms with E-state index in [-0.39, 0.29) is 11.6 Å². The van der Waals surface area contributed by atoms with Crippen LogP contribution in [0.2, 0.25) is 0 Å². The van der Waals surface area contributed by atoms with Crippen molar-refractivity contribution in [2.24, 2.45) is 18.7 Å². The highest BCUT2D eigenvalue weighted by atomic mass is 16.1. The third kappa shape index (κ3) is 4.30. The molecule has 2 aromatic rings. The predicted octanol–water partition coefficient (Wildman–Crippen LogP) is 2.86. The summed E-state index contributed by atoms with van der Waals surface area (Å²) in [6.07, 6.45) is 11.0. The molecule has 1 atom stereocenters. The van der Waals surface area contributed by atoms with Crippen molar-refractivity contribution in [3.8, 4) is 11.3 Å². The molecule has 6 nitrogen and oxygen atoms in total. The Morgan fingerprint density at radius 1 is 1.27 bits per heavy atom. The van der Waals surface area contributed by atoms with Gasteiger partial charge in [0.25, 0.3) is 5.56 Å². The lowest BCUT2D eigenvalue weighted by molar-refractivity contribution is 0.320. The van der Waals surface area contributed by atoms with Crippen LogP contribution in [0, 0.1) is 12.8 Å². The van der Waals surface area contributed by atoms with Crippen LogP contribution in [-0.4, -0.2) is 27.1 Å². The second kappa shape index (κ2) is 8.45. The van der Waals surface area contributed by atoms with E-state index >= 15 is 0 Å². The van der Waals surface area contributed by atoms with Crippen molar-refractivity contribution in [1.82, 2.24) is 14.5 Å². The smallest absolute Gasteiger partial charge is 0.258 e. The minimum absolute atomic E-state index is 0.0461.